The zero-order valence-electron chi connectivity index (χ0n) is 16.2. The number of hydrazone groups is 1. The Labute approximate surface area is 174 Å². The van der Waals surface area contributed by atoms with Gasteiger partial charge in [0.1, 0.15) is 6.34 Å². The number of hydrogen-bond donors (Lipinski definition) is 4. The molecule has 3 aromatic carbocycles. The molecule has 0 bridgehead atoms. The number of rotatable bonds is 8. The van der Waals surface area contributed by atoms with Crippen LogP contribution in [0.4, 0.5) is 11.4 Å². The fourth-order valence-corrected chi connectivity index (χ4v) is 3.06. The molecule has 7 nitrogen and oxygen atoms in total. The predicted molar refractivity (Wildman–Crippen MR) is 119 cm³/mol. The van der Waals surface area contributed by atoms with Gasteiger partial charge in [0.25, 0.3) is 5.91 Å². The van der Waals surface area contributed by atoms with Gasteiger partial charge in [0, 0.05) is 23.4 Å². The van der Waals surface area contributed by atoms with Crippen molar-refractivity contribution in [3.8, 4) is 11.1 Å². The van der Waals surface area contributed by atoms with Crippen LogP contribution in [0.2, 0.25) is 0 Å². The number of carbonyl (C=O) groups is 2. The summed E-state index contributed by atoms with van der Waals surface area (Å²) in [7, 11) is 0. The van der Waals surface area contributed by atoms with E-state index in [4.69, 9.17) is 10.9 Å². The first kappa shape index (κ1) is 20.6. The quantitative estimate of drug-likeness (QED) is 0.197. The van der Waals surface area contributed by atoms with Crippen LogP contribution in [0, 0.1) is 0 Å². The van der Waals surface area contributed by atoms with Gasteiger partial charge in [0.05, 0.1) is 0 Å². The summed E-state index contributed by atoms with van der Waals surface area (Å²) in [6.45, 7) is 0. The lowest BCUT2D eigenvalue weighted by Gasteiger charge is -2.11. The van der Waals surface area contributed by atoms with Crippen LogP contribution in [0.5, 0.6) is 0 Å². The number of carboxylic acid groups (broad SMARTS) is 1. The first-order chi connectivity index (χ1) is 14.6. The van der Waals surface area contributed by atoms with Crippen LogP contribution in [-0.4, -0.2) is 23.3 Å². The average molecular weight is 402 g/mol. The Balaban J connectivity index is 1.72. The third-order valence-corrected chi connectivity index (χ3v) is 4.51. The van der Waals surface area contributed by atoms with E-state index in [-0.39, 0.29) is 12.3 Å². The Morgan fingerprint density at radius 1 is 0.967 bits per heavy atom. The lowest BCUT2D eigenvalue weighted by Crippen LogP contribution is -2.12. The van der Waals surface area contributed by atoms with Crippen molar-refractivity contribution < 1.29 is 14.7 Å². The molecule has 0 saturated carbocycles. The molecule has 0 radical (unpaired) electrons. The first-order valence-corrected chi connectivity index (χ1v) is 9.36. The van der Waals surface area contributed by atoms with Crippen molar-refractivity contribution >= 4 is 29.6 Å². The number of anilines is 2. The van der Waals surface area contributed by atoms with Gasteiger partial charge in [0.2, 0.25) is 0 Å². The number of nitrogens with one attached hydrogen (secondary N) is 2. The number of carbonyl (C=O) groups excluding carboxylic acids is 1. The van der Waals surface area contributed by atoms with E-state index in [1.54, 1.807) is 24.3 Å². The summed E-state index contributed by atoms with van der Waals surface area (Å²) < 4.78 is 0. The van der Waals surface area contributed by atoms with Gasteiger partial charge in [0.15, 0.2) is 0 Å². The summed E-state index contributed by atoms with van der Waals surface area (Å²) in [6.07, 6.45) is 1.88. The van der Waals surface area contributed by atoms with Crippen LogP contribution in [0.3, 0.4) is 0 Å². The normalized spacial score (nSPS) is 10.7. The van der Waals surface area contributed by atoms with Crippen molar-refractivity contribution in [1.82, 2.24) is 0 Å². The van der Waals surface area contributed by atoms with Crippen molar-refractivity contribution in [3.05, 3.63) is 83.9 Å². The topological polar surface area (TPSA) is 117 Å². The molecule has 0 aliphatic heterocycles. The molecule has 0 saturated heterocycles. The molecular weight excluding hydrogens is 380 g/mol. The zero-order chi connectivity index (χ0) is 21.3. The highest BCUT2D eigenvalue weighted by molar-refractivity contribution is 6.05. The van der Waals surface area contributed by atoms with Gasteiger partial charge >= 0.3 is 5.97 Å². The number of nitrogens with two attached hydrogens (primary N) is 1. The van der Waals surface area contributed by atoms with Crippen LogP contribution in [0.1, 0.15) is 22.3 Å². The standard InChI is InChI=1S/C23H22N4O3/c24-26-15-25-20-6-3-5-18(14-20)23(30)27-19-11-8-17(9-12-19)21-7-2-1-4-16(21)10-13-22(28)29/h1-9,11-12,14-15H,10,13,24H2,(H,25,26)(H,27,30)(H,28,29). The lowest BCUT2D eigenvalue weighted by atomic mass is 9.96. The second kappa shape index (κ2) is 9.88. The third-order valence-electron chi connectivity index (χ3n) is 4.51. The highest BCUT2D eigenvalue weighted by Crippen LogP contribution is 2.26. The Bertz CT molecular complexity index is 1060. The molecule has 1 amide bonds. The summed E-state index contributed by atoms with van der Waals surface area (Å²) in [5.41, 5.74) is 4.77. The SMILES string of the molecule is NN=CNc1cccc(C(=O)Nc2ccc(-c3ccccc3CCC(=O)O)cc2)c1. The summed E-state index contributed by atoms with van der Waals surface area (Å²) >= 11 is 0. The highest BCUT2D eigenvalue weighted by atomic mass is 16.4. The third kappa shape index (κ3) is 5.45. The average Bonchev–Trinajstić information content (AvgIpc) is 2.77. The van der Waals surface area contributed by atoms with Gasteiger partial charge in [-0.05, 0) is 53.4 Å². The van der Waals surface area contributed by atoms with E-state index < -0.39 is 5.97 Å². The molecule has 3 rings (SSSR count). The van der Waals surface area contributed by atoms with Crippen LogP contribution in [-0.2, 0) is 11.2 Å². The molecule has 0 aliphatic rings. The minimum Gasteiger partial charge on any atom is -0.481 e. The van der Waals surface area contributed by atoms with Crippen LogP contribution in [0.25, 0.3) is 11.1 Å². The highest BCUT2D eigenvalue weighted by Gasteiger charge is 2.09. The molecule has 0 fully saturated rings. The fourth-order valence-electron chi connectivity index (χ4n) is 3.06. The molecule has 0 aliphatic carbocycles. The van der Waals surface area contributed by atoms with E-state index in [2.05, 4.69) is 15.7 Å². The van der Waals surface area contributed by atoms with Gasteiger partial charge in [-0.1, -0.05) is 42.5 Å². The van der Waals surface area contributed by atoms with E-state index in [0.29, 0.717) is 23.4 Å². The van der Waals surface area contributed by atoms with E-state index in [0.717, 1.165) is 16.7 Å². The summed E-state index contributed by atoms with van der Waals surface area (Å²) in [5, 5.41) is 18.1. The minimum atomic E-state index is -0.822. The Hall–Kier alpha value is -4.13. The van der Waals surface area contributed by atoms with Crippen molar-refractivity contribution in [1.29, 1.82) is 0 Å². The molecule has 0 atom stereocenters. The molecule has 5 N–H and O–H groups in total. The van der Waals surface area contributed by atoms with Gasteiger partial charge in [-0.2, -0.15) is 5.10 Å². The maximum Gasteiger partial charge on any atom is 0.303 e. The molecule has 0 aromatic heterocycles. The van der Waals surface area contributed by atoms with E-state index in [9.17, 15) is 9.59 Å². The van der Waals surface area contributed by atoms with Gasteiger partial charge in [-0.25, -0.2) is 0 Å². The van der Waals surface area contributed by atoms with Gasteiger partial charge in [-0.3, -0.25) is 9.59 Å². The first-order valence-electron chi connectivity index (χ1n) is 9.36. The summed E-state index contributed by atoms with van der Waals surface area (Å²) in [5.74, 6) is 4.01. The van der Waals surface area contributed by atoms with Crippen molar-refractivity contribution in [2.45, 2.75) is 12.8 Å². The smallest absolute Gasteiger partial charge is 0.303 e. The van der Waals surface area contributed by atoms with Crippen molar-refractivity contribution in [3.63, 3.8) is 0 Å². The lowest BCUT2D eigenvalue weighted by molar-refractivity contribution is -0.136. The van der Waals surface area contributed by atoms with E-state index >= 15 is 0 Å². The molecule has 152 valence electrons. The second-order valence-corrected chi connectivity index (χ2v) is 6.59. The number of aliphatic carboxylic acids is 1. The van der Waals surface area contributed by atoms with E-state index in [1.165, 1.54) is 6.34 Å². The fraction of sp³-hybridized carbons (Fsp3) is 0.0870. The molecule has 0 unspecified atom stereocenters. The predicted octanol–water partition coefficient (Wildman–Crippen LogP) is 3.94. The number of amides is 1. The number of nitrogens with zero attached hydrogens (tertiary/aromatic N) is 1. The number of aryl methyl sites for hydroxylation is 1. The number of carboxylic acids is 1. The minimum absolute atomic E-state index is 0.0796. The molecule has 0 spiro atoms. The maximum atomic E-state index is 12.5. The van der Waals surface area contributed by atoms with Gasteiger partial charge in [-0.15, -0.1) is 0 Å². The Kier molecular flexibility index (Phi) is 6.78. The van der Waals surface area contributed by atoms with Crippen molar-refractivity contribution in [2.75, 3.05) is 10.6 Å². The molecule has 30 heavy (non-hydrogen) atoms. The summed E-state index contributed by atoms with van der Waals surface area (Å²) in [4.78, 5) is 23.4. The Morgan fingerprint density at radius 3 is 2.47 bits per heavy atom. The van der Waals surface area contributed by atoms with E-state index in [1.807, 2.05) is 48.5 Å². The zero-order valence-corrected chi connectivity index (χ0v) is 16.2. The van der Waals surface area contributed by atoms with Crippen LogP contribution >= 0.6 is 0 Å². The molecule has 7 heteroatoms. The van der Waals surface area contributed by atoms with Crippen molar-refractivity contribution in [2.24, 2.45) is 10.9 Å². The summed E-state index contributed by atoms with van der Waals surface area (Å²) in [6, 6.07) is 22.2. The largest absolute Gasteiger partial charge is 0.481 e. The monoisotopic (exact) mass is 402 g/mol. The molecule has 3 aromatic rings. The van der Waals surface area contributed by atoms with Gasteiger partial charge < -0.3 is 21.6 Å². The second-order valence-electron chi connectivity index (χ2n) is 6.59. The number of benzene rings is 3. The molecular formula is C23H22N4O3. The number of hydrogen-bond acceptors (Lipinski definition) is 4. The maximum absolute atomic E-state index is 12.5. The van der Waals surface area contributed by atoms with Crippen LogP contribution < -0.4 is 16.5 Å². The molecule has 0 heterocycles. The van der Waals surface area contributed by atoms with Crippen LogP contribution in [0.15, 0.2) is 77.9 Å². The Morgan fingerprint density at radius 2 is 1.73 bits per heavy atom.